The summed E-state index contributed by atoms with van der Waals surface area (Å²) in [4.78, 5) is 20.8. The Morgan fingerprint density at radius 1 is 0.923 bits per heavy atom. The van der Waals surface area contributed by atoms with Gasteiger partial charge in [0.1, 0.15) is 0 Å². The van der Waals surface area contributed by atoms with Crippen LogP contribution in [-0.2, 0) is 4.79 Å². The fourth-order valence-electron chi connectivity index (χ4n) is 3.94. The highest BCUT2D eigenvalue weighted by Crippen LogP contribution is 2.35. The van der Waals surface area contributed by atoms with E-state index in [1.807, 2.05) is 0 Å². The van der Waals surface area contributed by atoms with Crippen LogP contribution in [0.4, 0.5) is 11.4 Å². The predicted octanol–water partition coefficient (Wildman–Crippen LogP) is 4.54. The second kappa shape index (κ2) is 6.94. The molecule has 0 saturated carbocycles. The Morgan fingerprint density at radius 3 is 1.85 bits per heavy atom. The summed E-state index contributed by atoms with van der Waals surface area (Å²) in [6, 6.07) is 12.8. The summed E-state index contributed by atoms with van der Waals surface area (Å²) in [5.74, 6) is 0.543. The van der Waals surface area contributed by atoms with Gasteiger partial charge in [-0.3, -0.25) is 4.79 Å². The predicted molar refractivity (Wildman–Crippen MR) is 109 cm³/mol. The number of hydrogen-bond donors (Lipinski definition) is 0. The number of guanidine groups is 1. The Hall–Kier alpha value is -2.62. The number of aliphatic imine (C=N–C) groups is 1. The summed E-state index contributed by atoms with van der Waals surface area (Å²) in [6.07, 6.45) is 0. The van der Waals surface area contributed by atoms with Crippen molar-refractivity contribution >= 4 is 23.2 Å². The molecule has 1 unspecified atom stereocenters. The number of hydrogen-bond acceptors (Lipinski definition) is 1. The molecule has 1 amide bonds. The van der Waals surface area contributed by atoms with Crippen LogP contribution < -0.4 is 9.80 Å². The second-order valence-corrected chi connectivity index (χ2v) is 7.24. The van der Waals surface area contributed by atoms with Crippen molar-refractivity contribution < 1.29 is 4.79 Å². The Kier molecular flexibility index (Phi) is 4.86. The van der Waals surface area contributed by atoms with E-state index in [1.165, 1.54) is 29.2 Å². The number of benzene rings is 2. The van der Waals surface area contributed by atoms with E-state index in [-0.39, 0.29) is 11.9 Å². The normalized spacial score (nSPS) is 18.7. The SMILES string of the molecule is CC(=O)N=C1N(c2c(C)cccc2C)CC(C)N1c1c(C)cccc1C. The lowest BCUT2D eigenvalue weighted by Crippen LogP contribution is -2.37. The van der Waals surface area contributed by atoms with E-state index in [0.717, 1.165) is 23.9 Å². The van der Waals surface area contributed by atoms with Crippen molar-refractivity contribution in [3.05, 3.63) is 58.7 Å². The lowest BCUT2D eigenvalue weighted by atomic mass is 10.1. The van der Waals surface area contributed by atoms with Crippen molar-refractivity contribution in [3.8, 4) is 0 Å². The number of aryl methyl sites for hydroxylation is 4. The summed E-state index contributed by atoms with van der Waals surface area (Å²) >= 11 is 0. The van der Waals surface area contributed by atoms with Gasteiger partial charge in [0.15, 0.2) is 0 Å². The summed E-state index contributed by atoms with van der Waals surface area (Å²) in [6.45, 7) is 13.0. The first kappa shape index (κ1) is 18.2. The number of carbonyl (C=O) groups is 1. The van der Waals surface area contributed by atoms with Gasteiger partial charge in [0.05, 0.1) is 6.04 Å². The molecule has 0 aromatic heterocycles. The largest absolute Gasteiger partial charge is 0.309 e. The number of anilines is 2. The van der Waals surface area contributed by atoms with E-state index in [9.17, 15) is 4.79 Å². The van der Waals surface area contributed by atoms with E-state index in [2.05, 4.69) is 85.8 Å². The van der Waals surface area contributed by atoms with E-state index >= 15 is 0 Å². The van der Waals surface area contributed by atoms with E-state index in [1.54, 1.807) is 0 Å². The molecule has 2 aromatic carbocycles. The fourth-order valence-corrected chi connectivity index (χ4v) is 3.94. The van der Waals surface area contributed by atoms with Crippen molar-refractivity contribution in [3.63, 3.8) is 0 Å². The molecule has 0 N–H and O–H groups in total. The van der Waals surface area contributed by atoms with Gasteiger partial charge in [0, 0.05) is 24.8 Å². The first-order chi connectivity index (χ1) is 12.3. The first-order valence-electron chi connectivity index (χ1n) is 9.09. The lowest BCUT2D eigenvalue weighted by molar-refractivity contribution is -0.115. The number of amides is 1. The van der Waals surface area contributed by atoms with Crippen molar-refractivity contribution in [2.24, 2.45) is 4.99 Å². The van der Waals surface area contributed by atoms with Gasteiger partial charge in [0.2, 0.25) is 11.9 Å². The second-order valence-electron chi connectivity index (χ2n) is 7.24. The molecule has 2 aromatic rings. The summed E-state index contributed by atoms with van der Waals surface area (Å²) in [5.41, 5.74) is 7.06. The van der Waals surface area contributed by atoms with Crippen LogP contribution >= 0.6 is 0 Å². The Morgan fingerprint density at radius 2 is 1.38 bits per heavy atom. The minimum atomic E-state index is -0.179. The molecule has 4 heteroatoms. The van der Waals surface area contributed by atoms with Crippen molar-refractivity contribution in [1.29, 1.82) is 0 Å². The van der Waals surface area contributed by atoms with E-state index in [4.69, 9.17) is 0 Å². The quantitative estimate of drug-likeness (QED) is 0.799. The van der Waals surface area contributed by atoms with Crippen LogP contribution in [0.25, 0.3) is 0 Å². The van der Waals surface area contributed by atoms with Crippen LogP contribution in [0.3, 0.4) is 0 Å². The van der Waals surface area contributed by atoms with Crippen molar-refractivity contribution in [1.82, 2.24) is 0 Å². The third-order valence-electron chi connectivity index (χ3n) is 4.99. The van der Waals surface area contributed by atoms with Crippen molar-refractivity contribution in [2.75, 3.05) is 16.3 Å². The summed E-state index contributed by atoms with van der Waals surface area (Å²) < 4.78 is 0. The average Bonchev–Trinajstić information content (AvgIpc) is 2.83. The topological polar surface area (TPSA) is 35.9 Å². The molecule has 1 fully saturated rings. The highest BCUT2D eigenvalue weighted by molar-refractivity contribution is 6.14. The standard InChI is InChI=1S/C22H27N3O/c1-14-9-7-10-15(2)20(14)24-13-18(5)25(22(24)23-19(6)26)21-16(3)11-8-12-17(21)4/h7-12,18H,13H2,1-6H3. The molecule has 26 heavy (non-hydrogen) atoms. The monoisotopic (exact) mass is 349 g/mol. The Bertz CT molecular complexity index is 844. The van der Waals surface area contributed by atoms with E-state index < -0.39 is 0 Å². The maximum atomic E-state index is 12.0. The average molecular weight is 349 g/mol. The lowest BCUT2D eigenvalue weighted by Gasteiger charge is -2.28. The molecule has 1 aliphatic rings. The Balaban J connectivity index is 2.20. The molecule has 136 valence electrons. The number of carbonyl (C=O) groups excluding carboxylic acids is 1. The minimum Gasteiger partial charge on any atom is -0.309 e. The number of nitrogens with zero attached hydrogens (tertiary/aromatic N) is 3. The number of rotatable bonds is 2. The summed E-state index contributed by atoms with van der Waals surface area (Å²) in [5, 5.41) is 0. The zero-order valence-corrected chi connectivity index (χ0v) is 16.5. The molecule has 0 bridgehead atoms. The van der Waals surface area contributed by atoms with E-state index in [0.29, 0.717) is 0 Å². The molecular weight excluding hydrogens is 322 g/mol. The zero-order valence-electron chi connectivity index (χ0n) is 16.5. The van der Waals surface area contributed by atoms with Gasteiger partial charge in [-0.1, -0.05) is 36.4 Å². The van der Waals surface area contributed by atoms with Gasteiger partial charge in [-0.15, -0.1) is 0 Å². The molecule has 0 radical (unpaired) electrons. The maximum absolute atomic E-state index is 12.0. The molecule has 1 heterocycles. The molecule has 0 aliphatic carbocycles. The van der Waals surface area contributed by atoms with Gasteiger partial charge in [-0.2, -0.15) is 4.99 Å². The van der Waals surface area contributed by atoms with Crippen LogP contribution in [0.15, 0.2) is 41.4 Å². The smallest absolute Gasteiger partial charge is 0.245 e. The van der Waals surface area contributed by atoms with Crippen LogP contribution in [0.1, 0.15) is 36.1 Å². The van der Waals surface area contributed by atoms with Crippen LogP contribution in [0.5, 0.6) is 0 Å². The molecule has 1 saturated heterocycles. The summed E-state index contributed by atoms with van der Waals surface area (Å²) in [7, 11) is 0. The molecule has 1 aliphatic heterocycles. The highest BCUT2D eigenvalue weighted by Gasteiger charge is 2.37. The third-order valence-corrected chi connectivity index (χ3v) is 4.99. The van der Waals surface area contributed by atoms with Crippen LogP contribution in [-0.4, -0.2) is 24.5 Å². The molecular formula is C22H27N3O. The van der Waals surface area contributed by atoms with Crippen LogP contribution in [0, 0.1) is 27.7 Å². The Labute approximate surface area is 156 Å². The molecule has 4 nitrogen and oxygen atoms in total. The third kappa shape index (κ3) is 3.12. The fraction of sp³-hybridized carbons (Fsp3) is 0.364. The van der Waals surface area contributed by atoms with Gasteiger partial charge in [0.25, 0.3) is 0 Å². The van der Waals surface area contributed by atoms with Gasteiger partial charge in [-0.05, 0) is 56.9 Å². The highest BCUT2D eigenvalue weighted by atomic mass is 16.1. The zero-order chi connectivity index (χ0) is 19.0. The molecule has 1 atom stereocenters. The number of para-hydroxylation sites is 2. The van der Waals surface area contributed by atoms with Gasteiger partial charge in [-0.25, -0.2) is 0 Å². The first-order valence-corrected chi connectivity index (χ1v) is 9.09. The molecule has 0 spiro atoms. The van der Waals surface area contributed by atoms with Gasteiger partial charge < -0.3 is 9.80 Å². The molecule has 3 rings (SSSR count). The van der Waals surface area contributed by atoms with Gasteiger partial charge >= 0.3 is 0 Å². The maximum Gasteiger partial charge on any atom is 0.245 e. The minimum absolute atomic E-state index is 0.179. The van der Waals surface area contributed by atoms with Crippen LogP contribution in [0.2, 0.25) is 0 Å². The van der Waals surface area contributed by atoms with Crippen molar-refractivity contribution in [2.45, 2.75) is 47.6 Å².